The van der Waals surface area contributed by atoms with Gasteiger partial charge in [0.1, 0.15) is 5.60 Å². The van der Waals surface area contributed by atoms with E-state index in [1.165, 1.54) is 5.56 Å². The molecule has 1 aliphatic rings. The molecule has 1 heterocycles. The van der Waals surface area contributed by atoms with Gasteiger partial charge in [-0.3, -0.25) is 0 Å². The lowest BCUT2D eigenvalue weighted by molar-refractivity contribution is 0.0195. The van der Waals surface area contributed by atoms with Gasteiger partial charge >= 0.3 is 6.09 Å². The van der Waals surface area contributed by atoms with Crippen LogP contribution in [0.4, 0.5) is 4.79 Å². The second kappa shape index (κ2) is 6.79. The molecule has 116 valence electrons. The molecule has 1 aromatic carbocycles. The van der Waals surface area contributed by atoms with E-state index >= 15 is 0 Å². The molecule has 2 rings (SSSR count). The summed E-state index contributed by atoms with van der Waals surface area (Å²) in [5.41, 5.74) is 0.815. The molecule has 0 radical (unpaired) electrons. The van der Waals surface area contributed by atoms with Crippen LogP contribution in [0.1, 0.15) is 26.3 Å². The highest BCUT2D eigenvalue weighted by Gasteiger charge is 2.27. The quantitative estimate of drug-likeness (QED) is 0.886. The summed E-state index contributed by atoms with van der Waals surface area (Å²) in [7, 11) is 0. The molecule has 1 N–H and O–H groups in total. The first-order chi connectivity index (χ1) is 9.83. The highest BCUT2D eigenvalue weighted by molar-refractivity contribution is 9.10. The minimum absolute atomic E-state index is 0.219. The van der Waals surface area contributed by atoms with E-state index in [-0.39, 0.29) is 12.1 Å². The van der Waals surface area contributed by atoms with Crippen LogP contribution in [0.25, 0.3) is 0 Å². The highest BCUT2D eigenvalue weighted by atomic mass is 79.9. The number of carbonyl (C=O) groups is 1. The number of halogens is 1. The highest BCUT2D eigenvalue weighted by Crippen LogP contribution is 2.16. The number of nitrogens with zero attached hydrogens (tertiary/aromatic N) is 1. The Hall–Kier alpha value is -1.07. The van der Waals surface area contributed by atoms with Crippen LogP contribution in [-0.2, 0) is 11.2 Å². The number of benzene rings is 1. The monoisotopic (exact) mass is 354 g/mol. The molecule has 0 spiro atoms. The summed E-state index contributed by atoms with van der Waals surface area (Å²) in [6.45, 7) is 7.87. The first-order valence-corrected chi connectivity index (χ1v) is 8.08. The van der Waals surface area contributed by atoms with Crippen molar-refractivity contribution in [1.82, 2.24) is 10.2 Å². The molecule has 1 fully saturated rings. The van der Waals surface area contributed by atoms with Crippen LogP contribution in [0, 0.1) is 0 Å². The maximum Gasteiger partial charge on any atom is 0.410 e. The van der Waals surface area contributed by atoms with Crippen LogP contribution in [0.15, 0.2) is 28.7 Å². The number of hydrogen-bond acceptors (Lipinski definition) is 3. The first-order valence-electron chi connectivity index (χ1n) is 7.29. The third-order valence-corrected chi connectivity index (χ3v) is 3.77. The number of piperazine rings is 1. The van der Waals surface area contributed by atoms with Gasteiger partial charge in [-0.05, 0) is 44.9 Å². The van der Waals surface area contributed by atoms with E-state index in [1.807, 2.05) is 32.9 Å². The van der Waals surface area contributed by atoms with Crippen molar-refractivity contribution in [2.45, 2.75) is 38.8 Å². The Morgan fingerprint density at radius 3 is 2.90 bits per heavy atom. The van der Waals surface area contributed by atoms with E-state index in [0.29, 0.717) is 13.1 Å². The molecule has 1 atom stereocenters. The van der Waals surface area contributed by atoms with Crippen molar-refractivity contribution >= 4 is 22.0 Å². The van der Waals surface area contributed by atoms with Crippen molar-refractivity contribution in [3.8, 4) is 0 Å². The minimum Gasteiger partial charge on any atom is -0.444 e. The Bertz CT molecular complexity index is 499. The maximum atomic E-state index is 12.1. The average Bonchev–Trinajstić information content (AvgIpc) is 2.37. The average molecular weight is 355 g/mol. The molecule has 21 heavy (non-hydrogen) atoms. The lowest BCUT2D eigenvalue weighted by atomic mass is 10.0. The van der Waals surface area contributed by atoms with Crippen molar-refractivity contribution in [2.24, 2.45) is 0 Å². The zero-order valence-corrected chi connectivity index (χ0v) is 14.4. The number of carbonyl (C=O) groups excluding carboxylic acids is 1. The predicted molar refractivity (Wildman–Crippen MR) is 87.4 cm³/mol. The van der Waals surface area contributed by atoms with Gasteiger partial charge in [0.2, 0.25) is 0 Å². The molecule has 0 aromatic heterocycles. The second-order valence-electron chi connectivity index (χ2n) is 6.41. The molecule has 1 saturated heterocycles. The standard InChI is InChI=1S/C16H23BrN2O2/c1-16(2,3)21-15(20)19-8-7-18-14(11-19)10-12-5-4-6-13(17)9-12/h4-6,9,14,18H,7-8,10-11H2,1-3H3/t14-/m1/s1. The zero-order valence-electron chi connectivity index (χ0n) is 12.9. The molecule has 1 aliphatic heterocycles. The van der Waals surface area contributed by atoms with Crippen LogP contribution in [0.5, 0.6) is 0 Å². The summed E-state index contributed by atoms with van der Waals surface area (Å²) in [5, 5.41) is 3.47. The van der Waals surface area contributed by atoms with E-state index in [0.717, 1.165) is 17.4 Å². The fourth-order valence-electron chi connectivity index (χ4n) is 2.40. The molecule has 5 heteroatoms. The van der Waals surface area contributed by atoms with Crippen LogP contribution in [-0.4, -0.2) is 42.3 Å². The summed E-state index contributed by atoms with van der Waals surface area (Å²) >= 11 is 3.49. The molecule has 4 nitrogen and oxygen atoms in total. The summed E-state index contributed by atoms with van der Waals surface area (Å²) in [4.78, 5) is 13.9. The largest absolute Gasteiger partial charge is 0.444 e. The fraction of sp³-hybridized carbons (Fsp3) is 0.562. The fourth-order valence-corrected chi connectivity index (χ4v) is 2.85. The van der Waals surface area contributed by atoms with Crippen LogP contribution in [0.3, 0.4) is 0 Å². The molecular formula is C16H23BrN2O2. The number of rotatable bonds is 2. The number of hydrogen-bond donors (Lipinski definition) is 1. The van der Waals surface area contributed by atoms with Crippen LogP contribution < -0.4 is 5.32 Å². The van der Waals surface area contributed by atoms with Gasteiger partial charge in [0.05, 0.1) is 0 Å². The number of ether oxygens (including phenoxy) is 1. The molecular weight excluding hydrogens is 332 g/mol. The Morgan fingerprint density at radius 1 is 1.48 bits per heavy atom. The lowest BCUT2D eigenvalue weighted by Crippen LogP contribution is -2.54. The van der Waals surface area contributed by atoms with Gasteiger partial charge < -0.3 is 15.0 Å². The summed E-state index contributed by atoms with van der Waals surface area (Å²) in [6.07, 6.45) is 0.682. The van der Waals surface area contributed by atoms with Crippen LogP contribution in [0.2, 0.25) is 0 Å². The van der Waals surface area contributed by atoms with E-state index in [4.69, 9.17) is 4.74 Å². The van der Waals surface area contributed by atoms with E-state index in [2.05, 4.69) is 33.4 Å². The Labute approximate surface area is 135 Å². The first kappa shape index (κ1) is 16.3. The number of nitrogens with one attached hydrogen (secondary N) is 1. The molecule has 1 aromatic rings. The topological polar surface area (TPSA) is 41.6 Å². The van der Waals surface area contributed by atoms with Gasteiger partial charge in [-0.1, -0.05) is 28.1 Å². The minimum atomic E-state index is -0.443. The maximum absolute atomic E-state index is 12.1. The SMILES string of the molecule is CC(C)(C)OC(=O)N1CCN[C@H](Cc2cccc(Br)c2)C1. The predicted octanol–water partition coefficient (Wildman–Crippen LogP) is 3.20. The summed E-state index contributed by atoms with van der Waals surface area (Å²) in [6, 6.07) is 8.55. The van der Waals surface area contributed by atoms with Crippen molar-refractivity contribution in [2.75, 3.05) is 19.6 Å². The summed E-state index contributed by atoms with van der Waals surface area (Å²) in [5.74, 6) is 0. The zero-order chi connectivity index (χ0) is 15.5. The third-order valence-electron chi connectivity index (χ3n) is 3.28. The number of amides is 1. The third kappa shape index (κ3) is 5.32. The normalized spacial score (nSPS) is 19.4. The van der Waals surface area contributed by atoms with Crippen molar-refractivity contribution in [3.05, 3.63) is 34.3 Å². The van der Waals surface area contributed by atoms with Gasteiger partial charge in [-0.2, -0.15) is 0 Å². The lowest BCUT2D eigenvalue weighted by Gasteiger charge is -2.35. The molecule has 0 saturated carbocycles. The molecule has 0 unspecified atom stereocenters. The van der Waals surface area contributed by atoms with E-state index < -0.39 is 5.60 Å². The Kier molecular flexibility index (Phi) is 5.27. The van der Waals surface area contributed by atoms with Crippen LogP contribution >= 0.6 is 15.9 Å². The molecule has 0 aliphatic carbocycles. The van der Waals surface area contributed by atoms with E-state index in [1.54, 1.807) is 4.90 Å². The van der Waals surface area contributed by atoms with Crippen molar-refractivity contribution in [1.29, 1.82) is 0 Å². The Morgan fingerprint density at radius 2 is 2.24 bits per heavy atom. The van der Waals surface area contributed by atoms with Gasteiger partial charge in [0.15, 0.2) is 0 Å². The smallest absolute Gasteiger partial charge is 0.410 e. The van der Waals surface area contributed by atoms with Gasteiger partial charge in [0, 0.05) is 30.1 Å². The molecule has 1 amide bonds. The van der Waals surface area contributed by atoms with Gasteiger partial charge in [0.25, 0.3) is 0 Å². The summed E-state index contributed by atoms with van der Waals surface area (Å²) < 4.78 is 6.53. The molecule has 0 bridgehead atoms. The van der Waals surface area contributed by atoms with Gasteiger partial charge in [-0.15, -0.1) is 0 Å². The Balaban J connectivity index is 1.93. The second-order valence-corrected chi connectivity index (χ2v) is 7.33. The van der Waals surface area contributed by atoms with Crippen molar-refractivity contribution in [3.63, 3.8) is 0 Å². The van der Waals surface area contributed by atoms with Crippen molar-refractivity contribution < 1.29 is 9.53 Å². The van der Waals surface area contributed by atoms with E-state index in [9.17, 15) is 4.79 Å². The van der Waals surface area contributed by atoms with Gasteiger partial charge in [-0.25, -0.2) is 4.79 Å².